The van der Waals surface area contributed by atoms with Crippen LogP contribution in [0.3, 0.4) is 0 Å². The first kappa shape index (κ1) is 13.4. The minimum atomic E-state index is -3.46. The molecule has 1 aliphatic rings. The van der Waals surface area contributed by atoms with Crippen LogP contribution in [0.25, 0.3) is 0 Å². The van der Waals surface area contributed by atoms with Crippen LogP contribution >= 0.6 is 0 Å². The molecule has 1 atom stereocenters. The van der Waals surface area contributed by atoms with E-state index in [0.717, 1.165) is 0 Å². The number of amides is 1. The van der Waals surface area contributed by atoms with E-state index in [2.05, 4.69) is 5.32 Å². The molecule has 0 radical (unpaired) electrons. The zero-order valence-corrected chi connectivity index (χ0v) is 9.76. The summed E-state index contributed by atoms with van der Waals surface area (Å²) < 4.78 is 26.3. The van der Waals surface area contributed by atoms with Crippen molar-refractivity contribution in [3.8, 4) is 0 Å². The zero-order valence-electron chi connectivity index (χ0n) is 8.94. The average Bonchev–Trinajstić information content (AvgIpc) is 2.59. The molecule has 7 nitrogen and oxygen atoms in total. The fraction of sp³-hybridized carbons (Fsp3) is 0.875. The van der Waals surface area contributed by atoms with Gasteiger partial charge >= 0.3 is 0 Å². The number of nitrogens with one attached hydrogen (secondary N) is 1. The molecule has 0 spiro atoms. The van der Waals surface area contributed by atoms with Gasteiger partial charge in [-0.1, -0.05) is 0 Å². The predicted molar refractivity (Wildman–Crippen MR) is 58.0 cm³/mol. The van der Waals surface area contributed by atoms with Gasteiger partial charge in [0.05, 0.1) is 12.4 Å². The second-order valence-corrected chi connectivity index (χ2v) is 5.67. The summed E-state index contributed by atoms with van der Waals surface area (Å²) in [5.74, 6) is -0.458. The zero-order chi connectivity index (χ0) is 12.2. The van der Waals surface area contributed by atoms with E-state index in [-0.39, 0.29) is 31.2 Å². The standard InChI is InChI=1S/C8H17N3O4S/c9-8(2-4-15-6-8)7(12)11-3-1-5-16(10,13)14/h1-6,9H2,(H,11,12)(H2,10,13,14). The Morgan fingerprint density at radius 1 is 1.50 bits per heavy atom. The lowest BCUT2D eigenvalue weighted by Crippen LogP contribution is -2.54. The van der Waals surface area contributed by atoms with Crippen LogP contribution in [0.1, 0.15) is 12.8 Å². The summed E-state index contributed by atoms with van der Waals surface area (Å²) in [7, 11) is -3.46. The van der Waals surface area contributed by atoms with Crippen LogP contribution in [0.15, 0.2) is 0 Å². The van der Waals surface area contributed by atoms with Crippen LogP contribution < -0.4 is 16.2 Å². The molecule has 1 rings (SSSR count). The molecule has 1 aliphatic heterocycles. The molecule has 1 amide bonds. The molecule has 0 aromatic rings. The van der Waals surface area contributed by atoms with Gasteiger partial charge in [-0.05, 0) is 12.8 Å². The molecule has 16 heavy (non-hydrogen) atoms. The molecule has 94 valence electrons. The first-order chi connectivity index (χ1) is 7.33. The van der Waals surface area contributed by atoms with Crippen LogP contribution in [0, 0.1) is 0 Å². The van der Waals surface area contributed by atoms with Crippen LogP contribution in [-0.2, 0) is 19.6 Å². The second kappa shape index (κ2) is 5.09. The molecule has 0 aromatic carbocycles. The lowest BCUT2D eigenvalue weighted by Gasteiger charge is -2.20. The number of hydrogen-bond acceptors (Lipinski definition) is 5. The Morgan fingerprint density at radius 3 is 2.69 bits per heavy atom. The van der Waals surface area contributed by atoms with E-state index in [0.29, 0.717) is 13.0 Å². The Labute approximate surface area is 94.6 Å². The smallest absolute Gasteiger partial charge is 0.242 e. The third kappa shape index (κ3) is 4.05. The van der Waals surface area contributed by atoms with Gasteiger partial charge in [0, 0.05) is 13.2 Å². The highest BCUT2D eigenvalue weighted by atomic mass is 32.2. The highest BCUT2D eigenvalue weighted by Gasteiger charge is 2.37. The van der Waals surface area contributed by atoms with E-state index < -0.39 is 15.6 Å². The molecule has 5 N–H and O–H groups in total. The number of hydrogen-bond donors (Lipinski definition) is 3. The molecule has 1 fully saturated rings. The largest absolute Gasteiger partial charge is 0.379 e. The summed E-state index contributed by atoms with van der Waals surface area (Å²) in [5.41, 5.74) is 4.82. The normalized spacial score (nSPS) is 25.6. The van der Waals surface area contributed by atoms with Gasteiger partial charge in [0.1, 0.15) is 5.54 Å². The van der Waals surface area contributed by atoms with E-state index in [4.69, 9.17) is 15.6 Å². The summed E-state index contributed by atoms with van der Waals surface area (Å²) in [5, 5.41) is 7.39. The van der Waals surface area contributed by atoms with Crippen molar-refractivity contribution in [1.82, 2.24) is 5.32 Å². The predicted octanol–water partition coefficient (Wildman–Crippen LogP) is -2.10. The molecule has 1 heterocycles. The molecular formula is C8H17N3O4S. The van der Waals surface area contributed by atoms with E-state index in [1.165, 1.54) is 0 Å². The molecule has 0 saturated carbocycles. The number of rotatable bonds is 5. The van der Waals surface area contributed by atoms with E-state index in [1.807, 2.05) is 0 Å². The summed E-state index contributed by atoms with van der Waals surface area (Å²) in [6.45, 7) is 0.920. The lowest BCUT2D eigenvalue weighted by atomic mass is 9.99. The highest BCUT2D eigenvalue weighted by molar-refractivity contribution is 7.89. The van der Waals surface area contributed by atoms with Crippen molar-refractivity contribution in [1.29, 1.82) is 0 Å². The van der Waals surface area contributed by atoms with Crippen molar-refractivity contribution in [2.24, 2.45) is 10.9 Å². The van der Waals surface area contributed by atoms with Gasteiger partial charge < -0.3 is 15.8 Å². The maximum absolute atomic E-state index is 11.6. The third-order valence-electron chi connectivity index (χ3n) is 2.40. The highest BCUT2D eigenvalue weighted by Crippen LogP contribution is 2.15. The summed E-state index contributed by atoms with van der Waals surface area (Å²) in [6, 6.07) is 0. The Morgan fingerprint density at radius 2 is 2.19 bits per heavy atom. The Balaban J connectivity index is 2.25. The average molecular weight is 251 g/mol. The van der Waals surface area contributed by atoms with Crippen molar-refractivity contribution in [3.05, 3.63) is 0 Å². The number of sulfonamides is 1. The summed E-state index contributed by atoms with van der Waals surface area (Å²) in [4.78, 5) is 11.6. The van der Waals surface area contributed by atoms with Gasteiger partial charge in [0.15, 0.2) is 0 Å². The molecule has 0 aliphatic carbocycles. The third-order valence-corrected chi connectivity index (χ3v) is 3.25. The van der Waals surface area contributed by atoms with Gasteiger partial charge in [0.2, 0.25) is 15.9 Å². The maximum atomic E-state index is 11.6. The van der Waals surface area contributed by atoms with Gasteiger partial charge in [0.25, 0.3) is 0 Å². The first-order valence-electron chi connectivity index (χ1n) is 4.99. The number of primary sulfonamides is 1. The number of carbonyl (C=O) groups excluding carboxylic acids is 1. The van der Waals surface area contributed by atoms with Crippen LogP contribution in [0.2, 0.25) is 0 Å². The van der Waals surface area contributed by atoms with E-state index >= 15 is 0 Å². The van der Waals surface area contributed by atoms with Crippen molar-refractivity contribution < 1.29 is 17.9 Å². The van der Waals surface area contributed by atoms with Crippen LogP contribution in [-0.4, -0.2) is 45.4 Å². The molecule has 8 heteroatoms. The molecular weight excluding hydrogens is 234 g/mol. The van der Waals surface area contributed by atoms with Gasteiger partial charge in [-0.2, -0.15) is 0 Å². The fourth-order valence-electron chi connectivity index (χ4n) is 1.41. The molecule has 0 aromatic heterocycles. The van der Waals surface area contributed by atoms with Crippen molar-refractivity contribution in [3.63, 3.8) is 0 Å². The summed E-state index contributed by atoms with van der Waals surface area (Å²) in [6.07, 6.45) is 0.759. The molecule has 1 saturated heterocycles. The number of carbonyl (C=O) groups is 1. The monoisotopic (exact) mass is 251 g/mol. The molecule has 0 bridgehead atoms. The van der Waals surface area contributed by atoms with Crippen LogP contribution in [0.4, 0.5) is 0 Å². The number of nitrogens with two attached hydrogens (primary N) is 2. The topological polar surface area (TPSA) is 125 Å². The van der Waals surface area contributed by atoms with E-state index in [9.17, 15) is 13.2 Å². The fourth-order valence-corrected chi connectivity index (χ4v) is 1.96. The Hall–Kier alpha value is -0.700. The van der Waals surface area contributed by atoms with Crippen molar-refractivity contribution >= 4 is 15.9 Å². The van der Waals surface area contributed by atoms with Crippen molar-refractivity contribution in [2.75, 3.05) is 25.5 Å². The lowest BCUT2D eigenvalue weighted by molar-refractivity contribution is -0.126. The minimum Gasteiger partial charge on any atom is -0.379 e. The Bertz CT molecular complexity index is 348. The van der Waals surface area contributed by atoms with Gasteiger partial charge in [-0.25, -0.2) is 13.6 Å². The van der Waals surface area contributed by atoms with Crippen molar-refractivity contribution in [2.45, 2.75) is 18.4 Å². The minimum absolute atomic E-state index is 0.151. The number of ether oxygens (including phenoxy) is 1. The summed E-state index contributed by atoms with van der Waals surface area (Å²) >= 11 is 0. The quantitative estimate of drug-likeness (QED) is 0.483. The Kier molecular flexibility index (Phi) is 4.25. The van der Waals surface area contributed by atoms with Crippen LogP contribution in [0.5, 0.6) is 0 Å². The van der Waals surface area contributed by atoms with Gasteiger partial charge in [-0.15, -0.1) is 0 Å². The maximum Gasteiger partial charge on any atom is 0.242 e. The molecule has 1 unspecified atom stereocenters. The second-order valence-electron chi connectivity index (χ2n) is 3.94. The van der Waals surface area contributed by atoms with E-state index in [1.54, 1.807) is 0 Å². The SMILES string of the molecule is NC1(C(=O)NCCCS(N)(=O)=O)CCOC1. The van der Waals surface area contributed by atoms with Gasteiger partial charge in [-0.3, -0.25) is 4.79 Å². The first-order valence-corrected chi connectivity index (χ1v) is 6.70.